The van der Waals surface area contributed by atoms with E-state index >= 15 is 0 Å². The van der Waals surface area contributed by atoms with E-state index in [9.17, 15) is 4.79 Å². The minimum absolute atomic E-state index is 0.0410. The Balaban J connectivity index is 2.16. The molecule has 5 heteroatoms. The second-order valence-corrected chi connectivity index (χ2v) is 5.23. The molecule has 0 bridgehead atoms. The predicted octanol–water partition coefficient (Wildman–Crippen LogP) is 3.28. The largest absolute Gasteiger partial charge is 0.302 e. The van der Waals surface area contributed by atoms with Gasteiger partial charge in [-0.25, -0.2) is 4.98 Å². The van der Waals surface area contributed by atoms with Gasteiger partial charge in [0.1, 0.15) is 0 Å². The number of rotatable bonds is 3. The number of nitrogens with zero attached hydrogens (tertiary/aromatic N) is 2. The van der Waals surface area contributed by atoms with E-state index in [0.29, 0.717) is 10.7 Å². The van der Waals surface area contributed by atoms with Crippen LogP contribution in [0.15, 0.2) is 29.6 Å². The van der Waals surface area contributed by atoms with Crippen LogP contribution in [0.4, 0.5) is 5.13 Å². The molecule has 0 aliphatic heterocycles. The number of thiazole rings is 1. The van der Waals surface area contributed by atoms with Crippen LogP contribution < -0.4 is 5.32 Å². The molecule has 1 heterocycles. The topological polar surface area (TPSA) is 65.8 Å². The Morgan fingerprint density at radius 2 is 2.05 bits per heavy atom. The van der Waals surface area contributed by atoms with Gasteiger partial charge >= 0.3 is 0 Å². The van der Waals surface area contributed by atoms with Crippen LogP contribution in [0.2, 0.25) is 0 Å². The highest BCUT2D eigenvalue weighted by Gasteiger charge is 2.10. The Kier molecular flexibility index (Phi) is 3.93. The van der Waals surface area contributed by atoms with Crippen LogP contribution in [-0.4, -0.2) is 10.9 Å². The summed E-state index contributed by atoms with van der Waals surface area (Å²) < 4.78 is 0. The average molecular weight is 271 g/mol. The maximum absolute atomic E-state index is 11.6. The lowest BCUT2D eigenvalue weighted by atomic mass is 10.1. The zero-order valence-electron chi connectivity index (χ0n) is 10.7. The maximum atomic E-state index is 11.6. The van der Waals surface area contributed by atoms with E-state index < -0.39 is 0 Å². The third kappa shape index (κ3) is 3.18. The van der Waals surface area contributed by atoms with E-state index in [0.717, 1.165) is 11.3 Å². The summed E-state index contributed by atoms with van der Waals surface area (Å²) in [5.74, 6) is -0.108. The summed E-state index contributed by atoms with van der Waals surface area (Å²) in [4.78, 5) is 15.9. The molecule has 0 aliphatic carbocycles. The van der Waals surface area contributed by atoms with E-state index in [1.165, 1.54) is 11.3 Å². The monoisotopic (exact) mass is 271 g/mol. The molecule has 1 N–H and O–H groups in total. The van der Waals surface area contributed by atoms with Gasteiger partial charge in [0.25, 0.3) is 0 Å². The minimum Gasteiger partial charge on any atom is -0.302 e. The number of carbonyl (C=O) groups excluding carboxylic acids is 1. The Morgan fingerprint density at radius 3 is 2.63 bits per heavy atom. The molecule has 0 spiro atoms. The van der Waals surface area contributed by atoms with E-state index in [4.69, 9.17) is 5.26 Å². The van der Waals surface area contributed by atoms with Crippen molar-refractivity contribution in [2.24, 2.45) is 5.92 Å². The second kappa shape index (κ2) is 5.63. The van der Waals surface area contributed by atoms with E-state index in [2.05, 4.69) is 16.4 Å². The molecule has 2 rings (SSSR count). The molecular formula is C14H13N3OS. The molecule has 1 aromatic heterocycles. The summed E-state index contributed by atoms with van der Waals surface area (Å²) in [7, 11) is 0. The fourth-order valence-corrected chi connectivity index (χ4v) is 2.15. The summed E-state index contributed by atoms with van der Waals surface area (Å²) in [6.07, 6.45) is 0. The highest BCUT2D eigenvalue weighted by molar-refractivity contribution is 7.14. The third-order valence-corrected chi connectivity index (χ3v) is 3.33. The van der Waals surface area contributed by atoms with E-state index in [-0.39, 0.29) is 11.8 Å². The van der Waals surface area contributed by atoms with Gasteiger partial charge in [0, 0.05) is 16.9 Å². The second-order valence-electron chi connectivity index (χ2n) is 4.37. The SMILES string of the molecule is CC(C)C(=O)Nc1nc(-c2ccc(C#N)cc2)cs1. The van der Waals surface area contributed by atoms with Crippen LogP contribution in [0.1, 0.15) is 19.4 Å². The van der Waals surface area contributed by atoms with Crippen LogP contribution in [0.3, 0.4) is 0 Å². The van der Waals surface area contributed by atoms with Crippen molar-refractivity contribution >= 4 is 22.4 Å². The van der Waals surface area contributed by atoms with Crippen molar-refractivity contribution in [3.05, 3.63) is 35.2 Å². The average Bonchev–Trinajstić information content (AvgIpc) is 2.87. The molecule has 4 nitrogen and oxygen atoms in total. The smallest absolute Gasteiger partial charge is 0.228 e. The Morgan fingerprint density at radius 1 is 1.37 bits per heavy atom. The number of amides is 1. The number of hydrogen-bond acceptors (Lipinski definition) is 4. The zero-order valence-corrected chi connectivity index (χ0v) is 11.5. The first-order valence-electron chi connectivity index (χ1n) is 5.87. The maximum Gasteiger partial charge on any atom is 0.228 e. The predicted molar refractivity (Wildman–Crippen MR) is 75.7 cm³/mol. The lowest BCUT2D eigenvalue weighted by molar-refractivity contribution is -0.118. The van der Waals surface area contributed by atoms with Gasteiger partial charge in [0.15, 0.2) is 5.13 Å². The van der Waals surface area contributed by atoms with Gasteiger partial charge in [0.05, 0.1) is 17.3 Å². The molecule has 0 saturated carbocycles. The van der Waals surface area contributed by atoms with Gasteiger partial charge in [0.2, 0.25) is 5.91 Å². The van der Waals surface area contributed by atoms with Crippen molar-refractivity contribution in [2.45, 2.75) is 13.8 Å². The minimum atomic E-state index is -0.0673. The molecule has 1 aromatic carbocycles. The number of carbonyl (C=O) groups is 1. The zero-order chi connectivity index (χ0) is 13.8. The van der Waals surface area contributed by atoms with Crippen molar-refractivity contribution in [3.63, 3.8) is 0 Å². The molecule has 0 atom stereocenters. The van der Waals surface area contributed by atoms with Gasteiger partial charge in [-0.2, -0.15) is 5.26 Å². The van der Waals surface area contributed by atoms with Crippen molar-refractivity contribution < 1.29 is 4.79 Å². The molecule has 0 fully saturated rings. The molecular weight excluding hydrogens is 258 g/mol. The third-order valence-electron chi connectivity index (χ3n) is 2.57. The van der Waals surface area contributed by atoms with Gasteiger partial charge in [-0.1, -0.05) is 26.0 Å². The number of hydrogen-bond donors (Lipinski definition) is 1. The normalized spacial score (nSPS) is 10.2. The van der Waals surface area contributed by atoms with Crippen LogP contribution in [0, 0.1) is 17.2 Å². The molecule has 0 unspecified atom stereocenters. The van der Waals surface area contributed by atoms with E-state index in [1.807, 2.05) is 31.4 Å². The lowest BCUT2D eigenvalue weighted by Gasteiger charge is -2.03. The Labute approximate surface area is 115 Å². The van der Waals surface area contributed by atoms with Gasteiger partial charge in [-0.05, 0) is 12.1 Å². The molecule has 19 heavy (non-hydrogen) atoms. The van der Waals surface area contributed by atoms with Crippen LogP contribution in [-0.2, 0) is 4.79 Å². The van der Waals surface area contributed by atoms with Crippen LogP contribution in [0.25, 0.3) is 11.3 Å². The van der Waals surface area contributed by atoms with Crippen LogP contribution in [0.5, 0.6) is 0 Å². The fraction of sp³-hybridized carbons (Fsp3) is 0.214. The van der Waals surface area contributed by atoms with Gasteiger partial charge in [-0.3, -0.25) is 4.79 Å². The highest BCUT2D eigenvalue weighted by atomic mass is 32.1. The van der Waals surface area contributed by atoms with Gasteiger partial charge < -0.3 is 5.32 Å². The molecule has 0 radical (unpaired) electrons. The highest BCUT2D eigenvalue weighted by Crippen LogP contribution is 2.25. The van der Waals surface area contributed by atoms with Crippen LogP contribution >= 0.6 is 11.3 Å². The van der Waals surface area contributed by atoms with Gasteiger partial charge in [-0.15, -0.1) is 11.3 Å². The molecule has 1 amide bonds. The van der Waals surface area contributed by atoms with Crippen molar-refractivity contribution in [3.8, 4) is 17.3 Å². The first-order chi connectivity index (χ1) is 9.10. The number of anilines is 1. The first kappa shape index (κ1) is 13.2. The summed E-state index contributed by atoms with van der Waals surface area (Å²) in [5.41, 5.74) is 2.35. The molecule has 96 valence electrons. The summed E-state index contributed by atoms with van der Waals surface area (Å²) >= 11 is 1.39. The summed E-state index contributed by atoms with van der Waals surface area (Å²) in [6, 6.07) is 9.27. The summed E-state index contributed by atoms with van der Waals surface area (Å²) in [6.45, 7) is 3.68. The Bertz CT molecular complexity index is 623. The Hall–Kier alpha value is -2.19. The first-order valence-corrected chi connectivity index (χ1v) is 6.75. The number of nitrogens with one attached hydrogen (secondary N) is 1. The standard InChI is InChI=1S/C14H13N3OS/c1-9(2)13(18)17-14-16-12(8-19-14)11-5-3-10(7-15)4-6-11/h3-6,8-9H,1-2H3,(H,16,17,18). The van der Waals surface area contributed by atoms with Crippen molar-refractivity contribution in [2.75, 3.05) is 5.32 Å². The molecule has 0 aliphatic rings. The quantitative estimate of drug-likeness (QED) is 0.931. The number of benzene rings is 1. The lowest BCUT2D eigenvalue weighted by Crippen LogP contribution is -2.17. The van der Waals surface area contributed by atoms with Crippen molar-refractivity contribution in [1.82, 2.24) is 4.98 Å². The molecule has 0 saturated heterocycles. The fourth-order valence-electron chi connectivity index (χ4n) is 1.43. The summed E-state index contributed by atoms with van der Waals surface area (Å²) in [5, 5.41) is 14.0. The molecule has 2 aromatic rings. The van der Waals surface area contributed by atoms with Crippen molar-refractivity contribution in [1.29, 1.82) is 5.26 Å². The number of nitriles is 1. The van der Waals surface area contributed by atoms with E-state index in [1.54, 1.807) is 12.1 Å². The number of aromatic nitrogens is 1.